The SMILES string of the molecule is O=C(NCc1ccc(C2CCCC3CCCCN32)cc1)c1cccc(C(F)(F)F)c1Cl. The fraction of sp³-hybridized carbons (Fsp3) is 0.458. The first kappa shape index (κ1) is 22.2. The Morgan fingerprint density at radius 2 is 1.77 bits per heavy atom. The maximum Gasteiger partial charge on any atom is 0.417 e. The lowest BCUT2D eigenvalue weighted by molar-refractivity contribution is -0.137. The summed E-state index contributed by atoms with van der Waals surface area (Å²) in [5, 5.41) is 2.10. The highest BCUT2D eigenvalue weighted by atomic mass is 35.5. The molecule has 7 heteroatoms. The summed E-state index contributed by atoms with van der Waals surface area (Å²) in [7, 11) is 0. The van der Waals surface area contributed by atoms with Crippen LogP contribution in [-0.4, -0.2) is 23.4 Å². The van der Waals surface area contributed by atoms with Crippen molar-refractivity contribution in [2.75, 3.05) is 6.54 Å². The lowest BCUT2D eigenvalue weighted by Crippen LogP contribution is -2.44. The molecule has 0 bridgehead atoms. The number of amides is 1. The summed E-state index contributed by atoms with van der Waals surface area (Å²) in [6.45, 7) is 1.38. The minimum absolute atomic E-state index is 0.175. The molecule has 0 radical (unpaired) electrons. The summed E-state index contributed by atoms with van der Waals surface area (Å²) in [6.07, 6.45) is 2.98. The van der Waals surface area contributed by atoms with E-state index in [1.54, 1.807) is 0 Å². The van der Waals surface area contributed by atoms with Crippen molar-refractivity contribution in [3.8, 4) is 0 Å². The summed E-state index contributed by atoms with van der Waals surface area (Å²) in [6, 6.07) is 12.7. The molecular weight excluding hydrogens is 425 g/mol. The number of alkyl halides is 3. The predicted molar refractivity (Wildman–Crippen MR) is 115 cm³/mol. The van der Waals surface area contributed by atoms with Gasteiger partial charge in [0.1, 0.15) is 0 Å². The number of hydrogen-bond acceptors (Lipinski definition) is 2. The van der Waals surface area contributed by atoms with E-state index in [4.69, 9.17) is 11.6 Å². The minimum Gasteiger partial charge on any atom is -0.348 e. The first-order chi connectivity index (χ1) is 14.8. The fourth-order valence-electron chi connectivity index (χ4n) is 4.88. The van der Waals surface area contributed by atoms with E-state index in [1.807, 2.05) is 12.1 Å². The molecule has 2 heterocycles. The number of fused-ring (bicyclic) bond motifs is 1. The second kappa shape index (κ2) is 9.21. The van der Waals surface area contributed by atoms with Crippen LogP contribution >= 0.6 is 11.6 Å². The maximum absolute atomic E-state index is 13.0. The monoisotopic (exact) mass is 450 g/mol. The van der Waals surface area contributed by atoms with Crippen molar-refractivity contribution < 1.29 is 18.0 Å². The highest BCUT2D eigenvalue weighted by Gasteiger charge is 2.35. The third-order valence-corrected chi connectivity index (χ3v) is 6.86. The van der Waals surface area contributed by atoms with Crippen LogP contribution in [0.15, 0.2) is 42.5 Å². The van der Waals surface area contributed by atoms with Crippen LogP contribution in [0.3, 0.4) is 0 Å². The smallest absolute Gasteiger partial charge is 0.348 e. The molecule has 166 valence electrons. The molecule has 2 fully saturated rings. The average molecular weight is 451 g/mol. The maximum atomic E-state index is 13.0. The molecule has 2 unspecified atom stereocenters. The zero-order valence-electron chi connectivity index (χ0n) is 17.2. The van der Waals surface area contributed by atoms with Gasteiger partial charge in [-0.15, -0.1) is 0 Å². The number of nitrogens with zero attached hydrogens (tertiary/aromatic N) is 1. The number of piperidine rings is 2. The van der Waals surface area contributed by atoms with Crippen LogP contribution in [-0.2, 0) is 12.7 Å². The molecule has 0 aliphatic carbocycles. The van der Waals surface area contributed by atoms with Crippen LogP contribution < -0.4 is 5.32 Å². The molecule has 0 spiro atoms. The molecule has 3 nitrogen and oxygen atoms in total. The summed E-state index contributed by atoms with van der Waals surface area (Å²) in [5.41, 5.74) is 1.01. The van der Waals surface area contributed by atoms with E-state index < -0.39 is 22.7 Å². The molecule has 2 atom stereocenters. The van der Waals surface area contributed by atoms with E-state index in [0.29, 0.717) is 12.1 Å². The lowest BCUT2D eigenvalue weighted by atomic mass is 9.86. The topological polar surface area (TPSA) is 32.3 Å². The number of rotatable bonds is 4. The van der Waals surface area contributed by atoms with Gasteiger partial charge in [-0.25, -0.2) is 0 Å². The molecule has 2 aromatic rings. The van der Waals surface area contributed by atoms with Crippen LogP contribution in [0.4, 0.5) is 13.2 Å². The van der Waals surface area contributed by atoms with Gasteiger partial charge in [-0.1, -0.05) is 48.4 Å². The Kier molecular flexibility index (Phi) is 6.58. The Hall–Kier alpha value is -2.05. The normalized spacial score (nSPS) is 22.1. The van der Waals surface area contributed by atoms with Gasteiger partial charge in [0.05, 0.1) is 16.1 Å². The van der Waals surface area contributed by atoms with E-state index in [-0.39, 0.29) is 12.1 Å². The first-order valence-electron chi connectivity index (χ1n) is 10.8. The number of carbonyl (C=O) groups is 1. The zero-order chi connectivity index (χ0) is 22.0. The van der Waals surface area contributed by atoms with Gasteiger partial charge in [0.15, 0.2) is 0 Å². The van der Waals surface area contributed by atoms with Crippen LogP contribution in [0, 0.1) is 0 Å². The number of hydrogen-bond donors (Lipinski definition) is 1. The molecule has 4 rings (SSSR count). The second-order valence-corrected chi connectivity index (χ2v) is 8.80. The molecule has 2 aromatic carbocycles. The molecule has 1 amide bonds. The van der Waals surface area contributed by atoms with Gasteiger partial charge in [0, 0.05) is 18.6 Å². The Bertz CT molecular complexity index is 927. The predicted octanol–water partition coefficient (Wildman–Crippen LogP) is 6.37. The molecular formula is C24H26ClF3N2O. The van der Waals surface area contributed by atoms with Crippen molar-refractivity contribution in [1.82, 2.24) is 10.2 Å². The first-order valence-corrected chi connectivity index (χ1v) is 11.2. The Morgan fingerprint density at radius 1 is 1.03 bits per heavy atom. The molecule has 31 heavy (non-hydrogen) atoms. The van der Waals surface area contributed by atoms with Crippen molar-refractivity contribution in [3.63, 3.8) is 0 Å². The van der Waals surface area contributed by atoms with Crippen LogP contribution in [0.2, 0.25) is 5.02 Å². The molecule has 2 aliphatic rings. The van der Waals surface area contributed by atoms with E-state index in [0.717, 1.165) is 18.2 Å². The van der Waals surface area contributed by atoms with Crippen molar-refractivity contribution in [1.29, 1.82) is 0 Å². The number of benzene rings is 2. The van der Waals surface area contributed by atoms with Gasteiger partial charge in [-0.05, 0) is 61.9 Å². The number of halogens is 4. The van der Waals surface area contributed by atoms with Crippen LogP contribution in [0.5, 0.6) is 0 Å². The number of nitrogens with one attached hydrogen (secondary N) is 1. The van der Waals surface area contributed by atoms with Gasteiger partial charge in [0.2, 0.25) is 0 Å². The van der Waals surface area contributed by atoms with Crippen molar-refractivity contribution >= 4 is 17.5 Å². The third kappa shape index (κ3) is 4.90. The lowest BCUT2D eigenvalue weighted by Gasteiger charge is -2.45. The van der Waals surface area contributed by atoms with E-state index in [9.17, 15) is 18.0 Å². The molecule has 2 aliphatic heterocycles. The summed E-state index contributed by atoms with van der Waals surface area (Å²) < 4.78 is 39.1. The summed E-state index contributed by atoms with van der Waals surface area (Å²) in [4.78, 5) is 15.1. The second-order valence-electron chi connectivity index (χ2n) is 8.42. The highest BCUT2D eigenvalue weighted by molar-refractivity contribution is 6.34. The fourth-order valence-corrected chi connectivity index (χ4v) is 5.19. The molecule has 0 saturated carbocycles. The van der Waals surface area contributed by atoms with Gasteiger partial charge in [0.25, 0.3) is 5.91 Å². The molecule has 0 aromatic heterocycles. The van der Waals surface area contributed by atoms with Crippen molar-refractivity contribution in [2.45, 2.75) is 63.3 Å². The van der Waals surface area contributed by atoms with Gasteiger partial charge in [-0.2, -0.15) is 13.2 Å². The Morgan fingerprint density at radius 3 is 2.52 bits per heavy atom. The molecule has 2 saturated heterocycles. The Labute approximate surface area is 185 Å². The largest absolute Gasteiger partial charge is 0.417 e. The van der Waals surface area contributed by atoms with E-state index >= 15 is 0 Å². The van der Waals surface area contributed by atoms with Crippen molar-refractivity contribution in [2.24, 2.45) is 0 Å². The Balaban J connectivity index is 1.40. The van der Waals surface area contributed by atoms with Gasteiger partial charge in [-0.3, -0.25) is 9.69 Å². The standard InChI is InChI=1S/C24H26ClF3N2O/c25-22-19(7-4-8-20(22)24(26,27)28)23(31)29-15-16-10-12-17(13-11-16)21-9-3-6-18-5-1-2-14-30(18)21/h4,7-8,10-13,18,21H,1-3,5-6,9,14-15H2,(H,29,31). The van der Waals surface area contributed by atoms with Gasteiger partial charge < -0.3 is 5.32 Å². The zero-order valence-corrected chi connectivity index (χ0v) is 18.0. The van der Waals surface area contributed by atoms with Gasteiger partial charge >= 0.3 is 6.18 Å². The highest BCUT2D eigenvalue weighted by Crippen LogP contribution is 2.39. The summed E-state index contributed by atoms with van der Waals surface area (Å²) >= 11 is 5.85. The molecule has 1 N–H and O–H groups in total. The van der Waals surface area contributed by atoms with Crippen LogP contribution in [0.25, 0.3) is 0 Å². The van der Waals surface area contributed by atoms with Crippen molar-refractivity contribution in [3.05, 3.63) is 69.7 Å². The third-order valence-electron chi connectivity index (χ3n) is 6.45. The van der Waals surface area contributed by atoms with E-state index in [2.05, 4.69) is 22.3 Å². The average Bonchev–Trinajstić information content (AvgIpc) is 2.77. The summed E-state index contributed by atoms with van der Waals surface area (Å²) in [5.74, 6) is -0.622. The quantitative estimate of drug-likeness (QED) is 0.587. The van der Waals surface area contributed by atoms with E-state index in [1.165, 1.54) is 56.2 Å². The number of carbonyl (C=O) groups excluding carboxylic acids is 1. The van der Waals surface area contributed by atoms with Crippen LogP contribution in [0.1, 0.15) is 71.6 Å². The minimum atomic E-state index is -4.60.